The number of hydrogen-bond donors (Lipinski definition) is 0. The SMILES string of the molecule is C1=CC2CC1CC2C(CCN1CCCCC1)c1ccccc1. The fourth-order valence-corrected chi connectivity index (χ4v) is 5.12. The molecule has 0 amide bonds. The van der Waals surface area contributed by atoms with Crippen molar-refractivity contribution < 1.29 is 0 Å². The Labute approximate surface area is 135 Å². The van der Waals surface area contributed by atoms with E-state index >= 15 is 0 Å². The van der Waals surface area contributed by atoms with E-state index in [1.165, 1.54) is 58.2 Å². The van der Waals surface area contributed by atoms with Crippen molar-refractivity contribution in [3.8, 4) is 0 Å². The summed E-state index contributed by atoms with van der Waals surface area (Å²) in [5.74, 6) is 3.40. The van der Waals surface area contributed by atoms with Crippen LogP contribution < -0.4 is 0 Å². The molecule has 4 unspecified atom stereocenters. The number of allylic oxidation sites excluding steroid dienone is 2. The lowest BCUT2D eigenvalue weighted by atomic mass is 9.76. The molecule has 1 heteroatoms. The molecule has 1 heterocycles. The van der Waals surface area contributed by atoms with E-state index in [1.807, 2.05) is 0 Å². The van der Waals surface area contributed by atoms with Gasteiger partial charge in [-0.1, -0.05) is 48.9 Å². The smallest absolute Gasteiger partial charge is 0.00128 e. The summed E-state index contributed by atoms with van der Waals surface area (Å²) in [6.45, 7) is 3.97. The van der Waals surface area contributed by atoms with Crippen molar-refractivity contribution in [3.05, 3.63) is 48.0 Å². The zero-order chi connectivity index (χ0) is 14.8. The average molecular weight is 295 g/mol. The first kappa shape index (κ1) is 14.5. The molecule has 118 valence electrons. The third-order valence-corrected chi connectivity index (χ3v) is 6.28. The number of piperidine rings is 1. The van der Waals surface area contributed by atoms with Gasteiger partial charge in [0.1, 0.15) is 0 Å². The third kappa shape index (κ3) is 3.01. The highest BCUT2D eigenvalue weighted by Crippen LogP contribution is 2.50. The molecule has 2 aliphatic carbocycles. The largest absolute Gasteiger partial charge is 0.303 e. The van der Waals surface area contributed by atoms with Gasteiger partial charge in [0, 0.05) is 0 Å². The van der Waals surface area contributed by atoms with Gasteiger partial charge in [-0.2, -0.15) is 0 Å². The van der Waals surface area contributed by atoms with Gasteiger partial charge < -0.3 is 4.90 Å². The maximum absolute atomic E-state index is 2.71. The predicted molar refractivity (Wildman–Crippen MR) is 92.9 cm³/mol. The molecule has 22 heavy (non-hydrogen) atoms. The fourth-order valence-electron chi connectivity index (χ4n) is 5.12. The second-order valence-electron chi connectivity index (χ2n) is 7.65. The van der Waals surface area contributed by atoms with Crippen LogP contribution in [0.4, 0.5) is 0 Å². The van der Waals surface area contributed by atoms with E-state index in [0.717, 1.165) is 23.7 Å². The molecule has 0 spiro atoms. The highest BCUT2D eigenvalue weighted by atomic mass is 15.1. The van der Waals surface area contributed by atoms with Gasteiger partial charge in [0.05, 0.1) is 0 Å². The van der Waals surface area contributed by atoms with Crippen LogP contribution in [0.15, 0.2) is 42.5 Å². The minimum Gasteiger partial charge on any atom is -0.303 e. The first-order valence-electron chi connectivity index (χ1n) is 9.36. The number of benzene rings is 1. The van der Waals surface area contributed by atoms with Crippen LogP contribution in [0.3, 0.4) is 0 Å². The van der Waals surface area contributed by atoms with E-state index in [9.17, 15) is 0 Å². The summed E-state index contributed by atoms with van der Waals surface area (Å²) in [7, 11) is 0. The molecule has 0 N–H and O–H groups in total. The number of fused-ring (bicyclic) bond motifs is 2. The molecule has 0 aromatic heterocycles. The first-order chi connectivity index (χ1) is 10.9. The van der Waals surface area contributed by atoms with Crippen LogP contribution in [0, 0.1) is 17.8 Å². The van der Waals surface area contributed by atoms with E-state index in [4.69, 9.17) is 0 Å². The molecule has 4 rings (SSSR count). The van der Waals surface area contributed by atoms with Gasteiger partial charge in [-0.05, 0) is 81.0 Å². The topological polar surface area (TPSA) is 3.24 Å². The van der Waals surface area contributed by atoms with Crippen molar-refractivity contribution in [1.82, 2.24) is 4.90 Å². The van der Waals surface area contributed by atoms with E-state index < -0.39 is 0 Å². The van der Waals surface area contributed by atoms with Gasteiger partial charge in [-0.15, -0.1) is 0 Å². The Morgan fingerprint density at radius 2 is 1.77 bits per heavy atom. The Morgan fingerprint density at radius 1 is 0.955 bits per heavy atom. The molecular weight excluding hydrogens is 266 g/mol. The highest BCUT2D eigenvalue weighted by Gasteiger charge is 2.40. The molecule has 1 saturated carbocycles. The van der Waals surface area contributed by atoms with Crippen LogP contribution in [0.2, 0.25) is 0 Å². The molecule has 0 radical (unpaired) electrons. The molecule has 1 saturated heterocycles. The molecular formula is C21H29N. The molecule has 1 aromatic carbocycles. The van der Waals surface area contributed by atoms with Crippen LogP contribution in [-0.2, 0) is 0 Å². The zero-order valence-electron chi connectivity index (χ0n) is 13.7. The van der Waals surface area contributed by atoms with Crippen molar-refractivity contribution in [2.45, 2.75) is 44.4 Å². The second-order valence-corrected chi connectivity index (χ2v) is 7.65. The summed E-state index contributed by atoms with van der Waals surface area (Å²) < 4.78 is 0. The Bertz CT molecular complexity index is 500. The van der Waals surface area contributed by atoms with Crippen molar-refractivity contribution >= 4 is 0 Å². The van der Waals surface area contributed by atoms with Crippen LogP contribution in [0.25, 0.3) is 0 Å². The fraction of sp³-hybridized carbons (Fsp3) is 0.619. The maximum Gasteiger partial charge on any atom is -0.00128 e. The molecule has 2 fully saturated rings. The minimum absolute atomic E-state index is 0.767. The molecule has 3 aliphatic rings. The Morgan fingerprint density at radius 3 is 2.45 bits per heavy atom. The van der Waals surface area contributed by atoms with Crippen LogP contribution in [0.5, 0.6) is 0 Å². The molecule has 4 atom stereocenters. The predicted octanol–water partition coefficient (Wildman–Crippen LogP) is 4.86. The van der Waals surface area contributed by atoms with Gasteiger partial charge in [0.25, 0.3) is 0 Å². The summed E-state index contributed by atoms with van der Waals surface area (Å²) in [5, 5.41) is 0. The van der Waals surface area contributed by atoms with E-state index in [1.54, 1.807) is 5.56 Å². The number of likely N-dealkylation sites (tertiary alicyclic amines) is 1. The standard InChI is InChI=1S/C21H29N/c1-3-7-18(8-4-1)20(11-14-22-12-5-2-6-13-22)21-16-17-9-10-19(21)15-17/h1,3-4,7-10,17,19-21H,2,5-6,11-16H2. The third-order valence-electron chi connectivity index (χ3n) is 6.28. The lowest BCUT2D eigenvalue weighted by Gasteiger charge is -2.33. The lowest BCUT2D eigenvalue weighted by molar-refractivity contribution is 0.208. The molecule has 2 bridgehead atoms. The molecule has 1 nitrogen and oxygen atoms in total. The molecule has 1 aliphatic heterocycles. The summed E-state index contributed by atoms with van der Waals surface area (Å²) >= 11 is 0. The molecule has 1 aromatic rings. The van der Waals surface area contributed by atoms with Gasteiger partial charge in [0.15, 0.2) is 0 Å². The van der Waals surface area contributed by atoms with Crippen LogP contribution in [0.1, 0.15) is 50.0 Å². The Kier molecular flexibility index (Phi) is 4.34. The van der Waals surface area contributed by atoms with Gasteiger partial charge in [-0.25, -0.2) is 0 Å². The van der Waals surface area contributed by atoms with Crippen LogP contribution in [-0.4, -0.2) is 24.5 Å². The monoisotopic (exact) mass is 295 g/mol. The summed E-state index contributed by atoms with van der Waals surface area (Å²) in [4.78, 5) is 2.71. The van der Waals surface area contributed by atoms with Gasteiger partial charge in [-0.3, -0.25) is 0 Å². The Hall–Kier alpha value is -1.08. The van der Waals surface area contributed by atoms with E-state index in [2.05, 4.69) is 47.4 Å². The zero-order valence-corrected chi connectivity index (χ0v) is 13.7. The van der Waals surface area contributed by atoms with Gasteiger partial charge in [0.2, 0.25) is 0 Å². The summed E-state index contributed by atoms with van der Waals surface area (Å²) in [6.07, 6.45) is 13.5. The number of hydrogen-bond acceptors (Lipinski definition) is 1. The quantitative estimate of drug-likeness (QED) is 0.701. The van der Waals surface area contributed by atoms with Gasteiger partial charge >= 0.3 is 0 Å². The Balaban J connectivity index is 1.47. The average Bonchev–Trinajstić information content (AvgIpc) is 3.20. The summed E-state index contributed by atoms with van der Waals surface area (Å²) in [5.41, 5.74) is 1.59. The normalized spacial score (nSPS) is 32.5. The second kappa shape index (κ2) is 6.58. The van der Waals surface area contributed by atoms with E-state index in [0.29, 0.717) is 0 Å². The van der Waals surface area contributed by atoms with E-state index in [-0.39, 0.29) is 0 Å². The van der Waals surface area contributed by atoms with Crippen molar-refractivity contribution in [2.75, 3.05) is 19.6 Å². The first-order valence-corrected chi connectivity index (χ1v) is 9.36. The maximum atomic E-state index is 2.71. The van der Waals surface area contributed by atoms with Crippen LogP contribution >= 0.6 is 0 Å². The number of nitrogens with zero attached hydrogens (tertiary/aromatic N) is 1. The van der Waals surface area contributed by atoms with Crippen molar-refractivity contribution in [3.63, 3.8) is 0 Å². The highest BCUT2D eigenvalue weighted by molar-refractivity contribution is 5.24. The summed E-state index contributed by atoms with van der Waals surface area (Å²) in [6, 6.07) is 11.4. The lowest BCUT2D eigenvalue weighted by Crippen LogP contribution is -2.32. The number of rotatable bonds is 5. The minimum atomic E-state index is 0.767. The van der Waals surface area contributed by atoms with Crippen molar-refractivity contribution in [2.24, 2.45) is 17.8 Å². The van der Waals surface area contributed by atoms with Crippen molar-refractivity contribution in [1.29, 1.82) is 0 Å².